The quantitative estimate of drug-likeness (QED) is 0.667. The van der Waals surface area contributed by atoms with Crippen molar-refractivity contribution in [3.05, 3.63) is 35.1 Å². The van der Waals surface area contributed by atoms with Crippen molar-refractivity contribution in [1.82, 2.24) is 10.3 Å². The SMILES string of the molecule is CNCC(=Cc1cnccc1C=O)B1OC(C)(C)C(C)(C)O1. The van der Waals surface area contributed by atoms with Crippen LogP contribution in [0, 0.1) is 0 Å². The molecule has 1 aromatic heterocycles. The molecular formula is C16H23BN2O3. The van der Waals surface area contributed by atoms with E-state index < -0.39 is 18.3 Å². The highest BCUT2D eigenvalue weighted by atomic mass is 16.7. The first-order chi connectivity index (χ1) is 10.3. The second-order valence-electron chi connectivity index (χ2n) is 6.46. The Kier molecular flexibility index (Phi) is 4.85. The van der Waals surface area contributed by atoms with Gasteiger partial charge in [-0.1, -0.05) is 6.08 Å². The van der Waals surface area contributed by atoms with Crippen LogP contribution in [0.3, 0.4) is 0 Å². The Morgan fingerprint density at radius 3 is 2.45 bits per heavy atom. The predicted octanol–water partition coefficient (Wildman–Crippen LogP) is 2.13. The third-order valence-electron chi connectivity index (χ3n) is 4.29. The molecule has 1 N–H and O–H groups in total. The van der Waals surface area contributed by atoms with E-state index in [0.717, 1.165) is 17.3 Å². The Bertz CT molecular complexity index is 569. The van der Waals surface area contributed by atoms with Crippen molar-refractivity contribution in [2.24, 2.45) is 0 Å². The molecule has 0 atom stereocenters. The standard InChI is InChI=1S/C16H23BN2O3/c1-15(2)16(3,4)22-17(21-15)14(10-18-5)8-13-9-19-7-6-12(13)11-20/h6-9,11,18H,10H2,1-5H3. The second-order valence-corrected chi connectivity index (χ2v) is 6.46. The lowest BCUT2D eigenvalue weighted by molar-refractivity contribution is 0.00578. The number of aldehydes is 1. The van der Waals surface area contributed by atoms with Crippen molar-refractivity contribution in [1.29, 1.82) is 0 Å². The van der Waals surface area contributed by atoms with E-state index >= 15 is 0 Å². The highest BCUT2D eigenvalue weighted by molar-refractivity contribution is 6.56. The van der Waals surface area contributed by atoms with Crippen molar-refractivity contribution in [2.75, 3.05) is 13.6 Å². The van der Waals surface area contributed by atoms with Crippen LogP contribution in [0.2, 0.25) is 0 Å². The van der Waals surface area contributed by atoms with E-state index in [1.54, 1.807) is 18.5 Å². The first kappa shape index (κ1) is 16.9. The summed E-state index contributed by atoms with van der Waals surface area (Å²) in [6, 6.07) is 1.69. The topological polar surface area (TPSA) is 60.5 Å². The zero-order valence-electron chi connectivity index (χ0n) is 13.8. The molecule has 0 unspecified atom stereocenters. The Labute approximate surface area is 132 Å². The number of nitrogens with zero attached hydrogens (tertiary/aromatic N) is 1. The van der Waals surface area contributed by atoms with Gasteiger partial charge in [0.15, 0.2) is 6.29 Å². The second kappa shape index (κ2) is 6.32. The molecule has 2 rings (SSSR count). The molecule has 118 valence electrons. The Morgan fingerprint density at radius 2 is 1.91 bits per heavy atom. The van der Waals surface area contributed by atoms with Crippen LogP contribution in [0.5, 0.6) is 0 Å². The zero-order valence-corrected chi connectivity index (χ0v) is 13.8. The maximum atomic E-state index is 11.2. The largest absolute Gasteiger partial charge is 0.491 e. The molecule has 1 aliphatic heterocycles. The maximum Gasteiger partial charge on any atom is 0.491 e. The number of carbonyl (C=O) groups is 1. The van der Waals surface area contributed by atoms with Crippen molar-refractivity contribution in [3.8, 4) is 0 Å². The smallest absolute Gasteiger partial charge is 0.400 e. The van der Waals surface area contributed by atoms with Crippen LogP contribution in [0.15, 0.2) is 23.9 Å². The molecule has 0 radical (unpaired) electrons. The summed E-state index contributed by atoms with van der Waals surface area (Å²) in [7, 11) is 1.42. The molecule has 0 amide bonds. The van der Waals surface area contributed by atoms with Crippen LogP contribution in [-0.4, -0.2) is 43.2 Å². The van der Waals surface area contributed by atoms with Gasteiger partial charge in [-0.15, -0.1) is 0 Å². The number of hydrogen-bond donors (Lipinski definition) is 1. The average molecular weight is 302 g/mol. The first-order valence-corrected chi connectivity index (χ1v) is 7.40. The van der Waals surface area contributed by atoms with Crippen LogP contribution >= 0.6 is 0 Å². The number of rotatable bonds is 5. The lowest BCUT2D eigenvalue weighted by Crippen LogP contribution is -2.41. The maximum absolute atomic E-state index is 11.2. The van der Waals surface area contributed by atoms with Crippen LogP contribution < -0.4 is 5.32 Å². The molecule has 6 heteroatoms. The van der Waals surface area contributed by atoms with Gasteiger partial charge in [0.2, 0.25) is 0 Å². The number of hydrogen-bond acceptors (Lipinski definition) is 5. The summed E-state index contributed by atoms with van der Waals surface area (Å²) in [6.07, 6.45) is 6.02. The molecule has 1 fully saturated rings. The lowest BCUT2D eigenvalue weighted by Gasteiger charge is -2.32. The van der Waals surface area contributed by atoms with Crippen molar-refractivity contribution >= 4 is 19.5 Å². The Morgan fingerprint density at radius 1 is 1.27 bits per heavy atom. The van der Waals surface area contributed by atoms with Gasteiger partial charge >= 0.3 is 7.12 Å². The highest BCUT2D eigenvalue weighted by Crippen LogP contribution is 2.38. The number of carbonyl (C=O) groups excluding carboxylic acids is 1. The third kappa shape index (κ3) is 3.29. The summed E-state index contributed by atoms with van der Waals surface area (Å²) in [5.74, 6) is 0. The minimum absolute atomic E-state index is 0.396. The van der Waals surface area contributed by atoms with Gasteiger partial charge in [0.25, 0.3) is 0 Å². The summed E-state index contributed by atoms with van der Waals surface area (Å²) < 4.78 is 12.2. The Balaban J connectivity index is 2.35. The van der Waals surface area contributed by atoms with E-state index in [9.17, 15) is 4.79 Å². The van der Waals surface area contributed by atoms with Crippen molar-refractivity contribution in [3.63, 3.8) is 0 Å². The fraction of sp³-hybridized carbons (Fsp3) is 0.500. The van der Waals surface area contributed by atoms with Gasteiger partial charge in [-0.3, -0.25) is 9.78 Å². The van der Waals surface area contributed by atoms with E-state index in [1.807, 2.05) is 40.8 Å². The van der Waals surface area contributed by atoms with Gasteiger partial charge in [0.1, 0.15) is 0 Å². The number of likely N-dealkylation sites (N-methyl/N-ethyl adjacent to an activating group) is 1. The minimum Gasteiger partial charge on any atom is -0.400 e. The average Bonchev–Trinajstić information content (AvgIpc) is 2.67. The molecule has 22 heavy (non-hydrogen) atoms. The van der Waals surface area contributed by atoms with Gasteiger partial charge in [-0.25, -0.2) is 0 Å². The number of pyridine rings is 1. The van der Waals surface area contributed by atoms with E-state index in [1.165, 1.54) is 0 Å². The first-order valence-electron chi connectivity index (χ1n) is 7.40. The molecule has 1 aromatic rings. The molecule has 0 aromatic carbocycles. The fourth-order valence-electron chi connectivity index (χ4n) is 2.25. The lowest BCUT2D eigenvalue weighted by atomic mass is 9.77. The molecule has 2 heterocycles. The molecule has 0 bridgehead atoms. The van der Waals surface area contributed by atoms with Crippen molar-refractivity contribution < 1.29 is 14.1 Å². The van der Waals surface area contributed by atoms with Crippen LogP contribution in [-0.2, 0) is 9.31 Å². The van der Waals surface area contributed by atoms with E-state index in [2.05, 4.69) is 10.3 Å². The number of nitrogens with one attached hydrogen (secondary N) is 1. The molecule has 0 saturated carbocycles. The van der Waals surface area contributed by atoms with Gasteiger partial charge in [-0.2, -0.15) is 0 Å². The minimum atomic E-state index is -0.447. The summed E-state index contributed by atoms with van der Waals surface area (Å²) in [5, 5.41) is 3.12. The van der Waals surface area contributed by atoms with Crippen LogP contribution in [0.4, 0.5) is 0 Å². The van der Waals surface area contributed by atoms with Crippen LogP contribution in [0.1, 0.15) is 43.6 Å². The highest BCUT2D eigenvalue weighted by Gasteiger charge is 2.52. The monoisotopic (exact) mass is 302 g/mol. The number of aromatic nitrogens is 1. The normalized spacial score (nSPS) is 20.2. The van der Waals surface area contributed by atoms with Crippen LogP contribution in [0.25, 0.3) is 6.08 Å². The molecule has 1 aliphatic rings. The third-order valence-corrected chi connectivity index (χ3v) is 4.29. The Hall–Kier alpha value is -1.50. The molecule has 5 nitrogen and oxygen atoms in total. The van der Waals surface area contributed by atoms with Crippen molar-refractivity contribution in [2.45, 2.75) is 38.9 Å². The van der Waals surface area contributed by atoms with E-state index in [-0.39, 0.29) is 0 Å². The zero-order chi connectivity index (χ0) is 16.4. The summed E-state index contributed by atoms with van der Waals surface area (Å²) in [4.78, 5) is 15.2. The van der Waals surface area contributed by atoms with Gasteiger partial charge < -0.3 is 14.6 Å². The molecule has 0 spiro atoms. The summed E-state index contributed by atoms with van der Waals surface area (Å²) >= 11 is 0. The van der Waals surface area contributed by atoms with Gasteiger partial charge in [0.05, 0.1) is 11.2 Å². The molecule has 0 aliphatic carbocycles. The van der Waals surface area contributed by atoms with E-state index in [0.29, 0.717) is 12.1 Å². The summed E-state index contributed by atoms with van der Waals surface area (Å²) in [6.45, 7) is 8.68. The molecule has 1 saturated heterocycles. The fourth-order valence-corrected chi connectivity index (χ4v) is 2.25. The van der Waals surface area contributed by atoms with E-state index in [4.69, 9.17) is 9.31 Å². The van der Waals surface area contributed by atoms with Gasteiger partial charge in [-0.05, 0) is 46.3 Å². The van der Waals surface area contributed by atoms with Gasteiger partial charge in [0, 0.05) is 30.1 Å². The summed E-state index contributed by atoms with van der Waals surface area (Å²) in [5.41, 5.74) is 1.50. The predicted molar refractivity (Wildman–Crippen MR) is 87.6 cm³/mol. The molecular weight excluding hydrogens is 279 g/mol.